The lowest BCUT2D eigenvalue weighted by Crippen LogP contribution is -2.15. The first kappa shape index (κ1) is 19.7. The molecule has 1 saturated carbocycles. The van der Waals surface area contributed by atoms with Gasteiger partial charge >= 0.3 is 0 Å². The minimum atomic E-state index is -3.91. The Morgan fingerprint density at radius 2 is 1.65 bits per heavy atom. The first-order valence-corrected chi connectivity index (χ1v) is 11.5. The van der Waals surface area contributed by atoms with E-state index in [9.17, 15) is 12.8 Å². The zero-order valence-corrected chi connectivity index (χ0v) is 17.9. The second-order valence-corrected chi connectivity index (χ2v) is 9.78. The molecule has 4 aromatic rings. The van der Waals surface area contributed by atoms with Gasteiger partial charge in [-0.3, -0.25) is 0 Å². The topological polar surface area (TPSA) is 90.9 Å². The summed E-state index contributed by atoms with van der Waals surface area (Å²) in [6.45, 7) is 3.69. The Morgan fingerprint density at radius 1 is 1.00 bits per heavy atom. The maximum atomic E-state index is 13.7. The summed E-state index contributed by atoms with van der Waals surface area (Å²) in [6, 6.07) is 12.4. The second-order valence-electron chi connectivity index (χ2n) is 7.99. The number of rotatable bonds is 4. The number of nitrogen functional groups attached to an aromatic ring is 1. The first-order valence-electron chi connectivity index (χ1n) is 10.0. The van der Waals surface area contributed by atoms with Crippen molar-refractivity contribution in [2.45, 2.75) is 37.5 Å². The molecule has 158 valence electrons. The minimum Gasteiger partial charge on any atom is -0.383 e. The molecule has 0 radical (unpaired) electrons. The van der Waals surface area contributed by atoms with Crippen LogP contribution in [0.1, 0.15) is 35.6 Å². The fourth-order valence-electron chi connectivity index (χ4n) is 4.03. The highest BCUT2D eigenvalue weighted by Gasteiger charge is 2.35. The van der Waals surface area contributed by atoms with Gasteiger partial charge in [-0.25, -0.2) is 26.7 Å². The summed E-state index contributed by atoms with van der Waals surface area (Å²) in [6.07, 6.45) is 1.95. The largest absolute Gasteiger partial charge is 0.383 e. The van der Waals surface area contributed by atoms with Gasteiger partial charge in [0.1, 0.15) is 11.6 Å². The number of aromatic nitrogens is 3. The maximum Gasteiger partial charge on any atom is 0.269 e. The molecule has 0 unspecified atom stereocenters. The summed E-state index contributed by atoms with van der Waals surface area (Å²) in [5, 5.41) is 0.585. The van der Waals surface area contributed by atoms with Gasteiger partial charge in [-0.15, -0.1) is 0 Å². The predicted molar refractivity (Wildman–Crippen MR) is 118 cm³/mol. The molecule has 0 amide bonds. The van der Waals surface area contributed by atoms with Crippen molar-refractivity contribution in [3.63, 3.8) is 0 Å². The van der Waals surface area contributed by atoms with E-state index in [1.165, 1.54) is 16.1 Å². The molecule has 5 rings (SSSR count). The molecular weight excluding hydrogens is 415 g/mol. The number of nitrogens with two attached hydrogens (primary N) is 1. The molecule has 1 aliphatic rings. The van der Waals surface area contributed by atoms with Crippen molar-refractivity contribution in [2.75, 3.05) is 5.73 Å². The SMILES string of the molecule is Cc1ccc(S(=O)(=O)n2c(C)c(C3CC3)c3c(N)nc(-c4ccc(F)cc4)nc32)cc1. The van der Waals surface area contributed by atoms with Gasteiger partial charge in [0, 0.05) is 11.3 Å². The lowest BCUT2D eigenvalue weighted by molar-refractivity contribution is 0.587. The Balaban J connectivity index is 1.82. The van der Waals surface area contributed by atoms with E-state index in [4.69, 9.17) is 5.73 Å². The van der Waals surface area contributed by atoms with E-state index in [-0.39, 0.29) is 33.9 Å². The summed E-state index contributed by atoms with van der Waals surface area (Å²) < 4.78 is 42.0. The molecular formula is C23H21FN4O2S. The Labute approximate surface area is 179 Å². The van der Waals surface area contributed by atoms with E-state index in [2.05, 4.69) is 9.97 Å². The first-order chi connectivity index (χ1) is 14.8. The van der Waals surface area contributed by atoms with E-state index in [0.717, 1.165) is 24.0 Å². The van der Waals surface area contributed by atoms with Crippen LogP contribution in [0.3, 0.4) is 0 Å². The van der Waals surface area contributed by atoms with Crippen molar-refractivity contribution in [2.24, 2.45) is 0 Å². The zero-order valence-electron chi connectivity index (χ0n) is 17.1. The van der Waals surface area contributed by atoms with E-state index in [1.807, 2.05) is 6.92 Å². The van der Waals surface area contributed by atoms with Crippen LogP contribution in [0.4, 0.5) is 10.2 Å². The zero-order chi connectivity index (χ0) is 21.9. The number of hydrogen-bond acceptors (Lipinski definition) is 5. The molecule has 0 spiro atoms. The fourth-order valence-corrected chi connectivity index (χ4v) is 5.54. The minimum absolute atomic E-state index is 0.181. The van der Waals surface area contributed by atoms with E-state index >= 15 is 0 Å². The van der Waals surface area contributed by atoms with Gasteiger partial charge in [-0.1, -0.05) is 17.7 Å². The number of aryl methyl sites for hydroxylation is 1. The van der Waals surface area contributed by atoms with E-state index in [0.29, 0.717) is 16.6 Å². The molecule has 8 heteroatoms. The monoisotopic (exact) mass is 436 g/mol. The van der Waals surface area contributed by atoms with Crippen molar-refractivity contribution in [1.82, 2.24) is 13.9 Å². The summed E-state index contributed by atoms with van der Waals surface area (Å²) in [5.74, 6) is 0.354. The molecule has 0 bridgehead atoms. The number of anilines is 1. The predicted octanol–water partition coefficient (Wildman–Crippen LogP) is 4.55. The molecule has 0 atom stereocenters. The van der Waals surface area contributed by atoms with Gasteiger partial charge in [0.15, 0.2) is 11.5 Å². The van der Waals surface area contributed by atoms with Crippen molar-refractivity contribution in [3.8, 4) is 11.4 Å². The van der Waals surface area contributed by atoms with Gasteiger partial charge in [0.2, 0.25) is 0 Å². The molecule has 6 nitrogen and oxygen atoms in total. The fraction of sp³-hybridized carbons (Fsp3) is 0.217. The summed E-state index contributed by atoms with van der Waals surface area (Å²) in [5.41, 5.74) is 9.63. The number of nitrogens with zero attached hydrogens (tertiary/aromatic N) is 3. The third-order valence-corrected chi connectivity index (χ3v) is 7.52. The van der Waals surface area contributed by atoms with Crippen LogP contribution < -0.4 is 5.73 Å². The van der Waals surface area contributed by atoms with Crippen LogP contribution in [-0.2, 0) is 10.0 Å². The third-order valence-electron chi connectivity index (χ3n) is 5.72. The summed E-state index contributed by atoms with van der Waals surface area (Å²) in [4.78, 5) is 9.22. The molecule has 1 fully saturated rings. The van der Waals surface area contributed by atoms with Crippen molar-refractivity contribution in [1.29, 1.82) is 0 Å². The number of benzene rings is 2. The average molecular weight is 437 g/mol. The van der Waals surface area contributed by atoms with Crippen LogP contribution >= 0.6 is 0 Å². The number of hydrogen-bond donors (Lipinski definition) is 1. The van der Waals surface area contributed by atoms with Gasteiger partial charge in [0.25, 0.3) is 10.0 Å². The number of fused-ring (bicyclic) bond motifs is 1. The van der Waals surface area contributed by atoms with E-state index < -0.39 is 10.0 Å². The van der Waals surface area contributed by atoms with Crippen LogP contribution in [0.25, 0.3) is 22.4 Å². The Hall–Kier alpha value is -3.26. The van der Waals surface area contributed by atoms with Gasteiger partial charge in [-0.05, 0) is 74.6 Å². The van der Waals surface area contributed by atoms with E-state index in [1.54, 1.807) is 43.3 Å². The maximum absolute atomic E-state index is 13.7. The Morgan fingerprint density at radius 3 is 2.26 bits per heavy atom. The molecule has 31 heavy (non-hydrogen) atoms. The molecule has 1 aliphatic carbocycles. The number of halogens is 1. The smallest absolute Gasteiger partial charge is 0.269 e. The van der Waals surface area contributed by atoms with Crippen LogP contribution in [0.2, 0.25) is 0 Å². The summed E-state index contributed by atoms with van der Waals surface area (Å²) >= 11 is 0. The standard InChI is InChI=1S/C23H21FN4O2S/c1-13-3-11-18(12-4-13)31(29,30)28-14(2)19(15-5-6-15)20-21(25)26-22(27-23(20)28)16-7-9-17(24)10-8-16/h3-4,7-12,15H,5-6H2,1-2H3,(H2,25,26,27). The highest BCUT2D eigenvalue weighted by Crippen LogP contribution is 2.47. The lowest BCUT2D eigenvalue weighted by atomic mass is 10.1. The third kappa shape index (κ3) is 3.18. The summed E-state index contributed by atoms with van der Waals surface area (Å²) in [7, 11) is -3.91. The van der Waals surface area contributed by atoms with Gasteiger partial charge < -0.3 is 5.73 Å². The molecule has 0 saturated heterocycles. The second kappa shape index (κ2) is 6.88. The quantitative estimate of drug-likeness (QED) is 0.507. The lowest BCUT2D eigenvalue weighted by Gasteiger charge is -2.11. The van der Waals surface area contributed by atoms with Crippen molar-refractivity contribution in [3.05, 3.63) is 71.2 Å². The van der Waals surface area contributed by atoms with Crippen molar-refractivity contribution < 1.29 is 12.8 Å². The van der Waals surface area contributed by atoms with Crippen molar-refractivity contribution >= 4 is 26.9 Å². The van der Waals surface area contributed by atoms with Gasteiger partial charge in [0.05, 0.1) is 10.3 Å². The normalized spacial score (nSPS) is 14.3. The average Bonchev–Trinajstić information content (AvgIpc) is 3.51. The molecule has 0 aliphatic heterocycles. The van der Waals surface area contributed by atoms with Crippen LogP contribution in [0, 0.1) is 19.7 Å². The molecule has 2 aromatic carbocycles. The van der Waals surface area contributed by atoms with Crippen LogP contribution in [0.15, 0.2) is 53.4 Å². The van der Waals surface area contributed by atoms with Gasteiger partial charge in [-0.2, -0.15) is 0 Å². The molecule has 2 N–H and O–H groups in total. The highest BCUT2D eigenvalue weighted by atomic mass is 32.2. The molecule has 2 heterocycles. The molecule has 2 aromatic heterocycles. The Bertz CT molecular complexity index is 1420. The highest BCUT2D eigenvalue weighted by molar-refractivity contribution is 7.90. The van der Waals surface area contributed by atoms with Crippen LogP contribution in [-0.4, -0.2) is 22.4 Å². The van der Waals surface area contributed by atoms with Crippen LogP contribution in [0.5, 0.6) is 0 Å². The Kier molecular flexibility index (Phi) is 4.37.